The number of aromatic nitrogens is 2. The van der Waals surface area contributed by atoms with E-state index in [1.807, 2.05) is 46.3 Å². The molecule has 0 bridgehead atoms. The molecular formula is C21H23N3O2S2. The summed E-state index contributed by atoms with van der Waals surface area (Å²) in [7, 11) is 0. The van der Waals surface area contributed by atoms with Gasteiger partial charge in [-0.15, -0.1) is 11.3 Å². The zero-order valence-corrected chi connectivity index (χ0v) is 17.2. The molecule has 5 nitrogen and oxygen atoms in total. The fourth-order valence-corrected chi connectivity index (χ4v) is 5.21. The van der Waals surface area contributed by atoms with E-state index in [-0.39, 0.29) is 23.3 Å². The minimum atomic E-state index is -0.0454. The van der Waals surface area contributed by atoms with E-state index in [4.69, 9.17) is 4.98 Å². The van der Waals surface area contributed by atoms with Crippen LogP contribution in [-0.2, 0) is 11.3 Å². The van der Waals surface area contributed by atoms with Gasteiger partial charge in [0.05, 0.1) is 23.2 Å². The molecule has 146 valence electrons. The highest BCUT2D eigenvalue weighted by atomic mass is 32.2. The van der Waals surface area contributed by atoms with Gasteiger partial charge in [0.25, 0.3) is 5.56 Å². The number of carbonyl (C=O) groups is 1. The molecule has 0 radical (unpaired) electrons. The summed E-state index contributed by atoms with van der Waals surface area (Å²) < 4.78 is 1.85. The van der Waals surface area contributed by atoms with E-state index < -0.39 is 0 Å². The van der Waals surface area contributed by atoms with Crippen molar-refractivity contribution in [3.05, 3.63) is 57.0 Å². The van der Waals surface area contributed by atoms with Gasteiger partial charge in [-0.05, 0) is 36.4 Å². The maximum absolute atomic E-state index is 13.2. The van der Waals surface area contributed by atoms with Crippen molar-refractivity contribution in [1.29, 1.82) is 0 Å². The third-order valence-corrected chi connectivity index (χ3v) is 6.92. The number of amides is 1. The van der Waals surface area contributed by atoms with Gasteiger partial charge < -0.3 is 5.32 Å². The van der Waals surface area contributed by atoms with Gasteiger partial charge >= 0.3 is 0 Å². The minimum Gasteiger partial charge on any atom is -0.350 e. The van der Waals surface area contributed by atoms with E-state index in [1.165, 1.54) is 18.2 Å². The Morgan fingerprint density at radius 2 is 2.00 bits per heavy atom. The lowest BCUT2D eigenvalue weighted by Crippen LogP contribution is -2.30. The summed E-state index contributed by atoms with van der Waals surface area (Å²) in [4.78, 5) is 31.4. The second-order valence-corrected chi connectivity index (χ2v) is 9.00. The number of benzene rings is 1. The lowest BCUT2D eigenvalue weighted by Gasteiger charge is -2.26. The van der Waals surface area contributed by atoms with Gasteiger partial charge in [0.2, 0.25) is 5.91 Å². The molecule has 0 aliphatic heterocycles. The summed E-state index contributed by atoms with van der Waals surface area (Å²) in [5, 5.41) is 6.25. The largest absolute Gasteiger partial charge is 0.350 e. The van der Waals surface area contributed by atoms with Crippen molar-refractivity contribution >= 4 is 39.9 Å². The number of fused-ring (bicyclic) bond motifs is 1. The Morgan fingerprint density at radius 3 is 2.79 bits per heavy atom. The van der Waals surface area contributed by atoms with Gasteiger partial charge in [-0.25, -0.2) is 4.98 Å². The molecule has 2 heterocycles. The Hall–Kier alpha value is -2.12. The SMILES string of the molecule is O=C(CSc1nc2ccccc2c(=O)n1C1CCCCC1)NCc1cccs1. The smallest absolute Gasteiger partial charge is 0.262 e. The van der Waals surface area contributed by atoms with Crippen molar-refractivity contribution in [2.75, 3.05) is 5.75 Å². The normalized spacial score (nSPS) is 15.0. The lowest BCUT2D eigenvalue weighted by molar-refractivity contribution is -0.118. The molecule has 1 aliphatic carbocycles. The highest BCUT2D eigenvalue weighted by Gasteiger charge is 2.22. The molecule has 1 aromatic carbocycles. The van der Waals surface area contributed by atoms with Crippen LogP contribution in [0, 0.1) is 0 Å². The molecule has 7 heteroatoms. The van der Waals surface area contributed by atoms with Gasteiger partial charge in [0, 0.05) is 10.9 Å². The zero-order chi connectivity index (χ0) is 19.3. The number of carbonyl (C=O) groups excluding carboxylic acids is 1. The lowest BCUT2D eigenvalue weighted by atomic mass is 9.95. The van der Waals surface area contributed by atoms with Crippen molar-refractivity contribution in [3.63, 3.8) is 0 Å². The van der Waals surface area contributed by atoms with Crippen molar-refractivity contribution in [3.8, 4) is 0 Å². The number of hydrogen-bond donors (Lipinski definition) is 1. The third kappa shape index (κ3) is 4.31. The number of nitrogens with one attached hydrogen (secondary N) is 1. The molecule has 1 aliphatic rings. The van der Waals surface area contributed by atoms with Crippen LogP contribution >= 0.6 is 23.1 Å². The Balaban J connectivity index is 1.56. The van der Waals surface area contributed by atoms with Crippen molar-refractivity contribution in [1.82, 2.24) is 14.9 Å². The number of hydrogen-bond acceptors (Lipinski definition) is 5. The first kappa shape index (κ1) is 19.2. The Bertz CT molecular complexity index is 1010. The maximum atomic E-state index is 13.2. The number of rotatable bonds is 6. The van der Waals surface area contributed by atoms with Gasteiger partial charge in [0.1, 0.15) is 0 Å². The summed E-state index contributed by atoms with van der Waals surface area (Å²) >= 11 is 2.98. The Morgan fingerprint density at radius 1 is 1.18 bits per heavy atom. The molecule has 0 spiro atoms. The summed E-state index contributed by atoms with van der Waals surface area (Å²) in [5.74, 6) is 0.207. The topological polar surface area (TPSA) is 64.0 Å². The number of thioether (sulfide) groups is 1. The first-order chi connectivity index (χ1) is 13.7. The maximum Gasteiger partial charge on any atom is 0.262 e. The van der Waals surface area contributed by atoms with Crippen molar-refractivity contribution in [2.24, 2.45) is 0 Å². The Labute approximate surface area is 172 Å². The quantitative estimate of drug-likeness (QED) is 0.481. The van der Waals surface area contributed by atoms with Crippen LogP contribution in [0.1, 0.15) is 43.0 Å². The first-order valence-corrected chi connectivity index (χ1v) is 11.5. The molecular weight excluding hydrogens is 390 g/mol. The van der Waals surface area contributed by atoms with Crippen molar-refractivity contribution < 1.29 is 4.79 Å². The molecule has 0 unspecified atom stereocenters. The standard InChI is InChI=1S/C21H23N3O2S2/c25-19(22-13-16-9-6-12-27-16)14-28-21-23-18-11-5-4-10-17(18)20(26)24(21)15-7-2-1-3-8-15/h4-6,9-12,15H,1-3,7-8,13-14H2,(H,22,25). The van der Waals surface area contributed by atoms with Crippen LogP contribution in [0.3, 0.4) is 0 Å². The number of para-hydroxylation sites is 1. The van der Waals surface area contributed by atoms with E-state index >= 15 is 0 Å². The Kier molecular flexibility index (Phi) is 6.12. The number of nitrogens with zero attached hydrogens (tertiary/aromatic N) is 2. The molecule has 1 amide bonds. The summed E-state index contributed by atoms with van der Waals surface area (Å²) in [5.41, 5.74) is 0.708. The van der Waals surface area contributed by atoms with E-state index in [1.54, 1.807) is 11.3 Å². The fraction of sp³-hybridized carbons (Fsp3) is 0.381. The molecule has 1 fully saturated rings. The van der Waals surface area contributed by atoms with Crippen LogP contribution < -0.4 is 10.9 Å². The summed E-state index contributed by atoms with van der Waals surface area (Å²) in [6, 6.07) is 11.6. The molecule has 4 rings (SSSR count). The van der Waals surface area contributed by atoms with E-state index in [0.717, 1.165) is 30.6 Å². The molecule has 0 atom stereocenters. The monoisotopic (exact) mass is 413 g/mol. The minimum absolute atomic E-state index is 0.0130. The third-order valence-electron chi connectivity index (χ3n) is 5.09. The van der Waals surface area contributed by atoms with E-state index in [9.17, 15) is 9.59 Å². The zero-order valence-electron chi connectivity index (χ0n) is 15.6. The molecule has 1 saturated carbocycles. The highest BCUT2D eigenvalue weighted by molar-refractivity contribution is 7.99. The van der Waals surface area contributed by atoms with Gasteiger partial charge in [0.15, 0.2) is 5.16 Å². The second-order valence-electron chi connectivity index (χ2n) is 7.02. The van der Waals surface area contributed by atoms with Crippen LogP contribution in [0.5, 0.6) is 0 Å². The van der Waals surface area contributed by atoms with Gasteiger partial charge in [-0.1, -0.05) is 49.2 Å². The summed E-state index contributed by atoms with van der Waals surface area (Å²) in [6.45, 7) is 0.539. The second kappa shape index (κ2) is 8.92. The molecule has 0 saturated heterocycles. The molecule has 2 aromatic heterocycles. The van der Waals surface area contributed by atoms with E-state index in [2.05, 4.69) is 5.32 Å². The van der Waals surface area contributed by atoms with Crippen LogP contribution in [0.15, 0.2) is 51.7 Å². The fourth-order valence-electron chi connectivity index (χ4n) is 3.67. The van der Waals surface area contributed by atoms with Crippen LogP contribution in [0.25, 0.3) is 10.9 Å². The first-order valence-electron chi connectivity index (χ1n) is 9.65. The van der Waals surface area contributed by atoms with E-state index in [0.29, 0.717) is 22.6 Å². The molecule has 3 aromatic rings. The highest BCUT2D eigenvalue weighted by Crippen LogP contribution is 2.31. The predicted octanol–water partition coefficient (Wildman–Crippen LogP) is 4.37. The average molecular weight is 414 g/mol. The molecule has 28 heavy (non-hydrogen) atoms. The van der Waals surface area contributed by atoms with Crippen LogP contribution in [0.4, 0.5) is 0 Å². The van der Waals surface area contributed by atoms with Crippen molar-refractivity contribution in [2.45, 2.75) is 49.8 Å². The summed E-state index contributed by atoms with van der Waals surface area (Å²) in [6.07, 6.45) is 5.49. The molecule has 1 N–H and O–H groups in total. The van der Waals surface area contributed by atoms with Crippen LogP contribution in [0.2, 0.25) is 0 Å². The van der Waals surface area contributed by atoms with Crippen LogP contribution in [-0.4, -0.2) is 21.2 Å². The predicted molar refractivity (Wildman–Crippen MR) is 115 cm³/mol. The number of thiophene rings is 1. The van der Waals surface area contributed by atoms with Gasteiger partial charge in [-0.2, -0.15) is 0 Å². The average Bonchev–Trinajstić information content (AvgIpc) is 3.25. The van der Waals surface area contributed by atoms with Gasteiger partial charge in [-0.3, -0.25) is 14.2 Å².